The SMILES string of the molecule is COC(=O)/C=C(/Nc1cc2c(cc1C(C)=O)OCO2)C(=O)OC. The van der Waals surface area contributed by atoms with Crippen molar-refractivity contribution in [3.8, 4) is 11.5 Å². The molecule has 1 N–H and O–H groups in total. The minimum atomic E-state index is -0.789. The van der Waals surface area contributed by atoms with E-state index in [9.17, 15) is 14.4 Å². The van der Waals surface area contributed by atoms with Crippen molar-refractivity contribution < 1.29 is 33.3 Å². The van der Waals surface area contributed by atoms with Gasteiger partial charge in [-0.3, -0.25) is 4.79 Å². The van der Waals surface area contributed by atoms with Gasteiger partial charge in [-0.2, -0.15) is 0 Å². The molecule has 0 atom stereocenters. The van der Waals surface area contributed by atoms with E-state index in [2.05, 4.69) is 14.8 Å². The van der Waals surface area contributed by atoms with Crippen LogP contribution in [0.5, 0.6) is 11.5 Å². The summed E-state index contributed by atoms with van der Waals surface area (Å²) in [6.45, 7) is 1.41. The van der Waals surface area contributed by atoms with Gasteiger partial charge in [-0.1, -0.05) is 0 Å². The summed E-state index contributed by atoms with van der Waals surface area (Å²) in [6.07, 6.45) is 0.931. The molecule has 1 aromatic carbocycles. The Morgan fingerprint density at radius 1 is 1.13 bits per heavy atom. The second kappa shape index (κ2) is 6.82. The maximum atomic E-state index is 11.8. The highest BCUT2D eigenvalue weighted by Gasteiger charge is 2.21. The Bertz CT molecular complexity index is 693. The summed E-state index contributed by atoms with van der Waals surface area (Å²) in [5, 5.41) is 2.70. The zero-order valence-corrected chi connectivity index (χ0v) is 12.8. The molecule has 0 saturated heterocycles. The van der Waals surface area contributed by atoms with Crippen LogP contribution in [0.15, 0.2) is 23.9 Å². The van der Waals surface area contributed by atoms with E-state index in [1.807, 2.05) is 0 Å². The third kappa shape index (κ3) is 3.60. The highest BCUT2D eigenvalue weighted by atomic mass is 16.7. The fourth-order valence-electron chi connectivity index (χ4n) is 1.91. The van der Waals surface area contributed by atoms with Gasteiger partial charge >= 0.3 is 11.9 Å². The maximum Gasteiger partial charge on any atom is 0.354 e. The van der Waals surface area contributed by atoms with Crippen molar-refractivity contribution in [2.45, 2.75) is 6.92 Å². The van der Waals surface area contributed by atoms with Crippen LogP contribution in [0.25, 0.3) is 0 Å². The van der Waals surface area contributed by atoms with Gasteiger partial charge in [0.15, 0.2) is 17.3 Å². The smallest absolute Gasteiger partial charge is 0.354 e. The molecular formula is C15H15NO7. The van der Waals surface area contributed by atoms with E-state index < -0.39 is 11.9 Å². The Hall–Kier alpha value is -3.03. The van der Waals surface area contributed by atoms with Gasteiger partial charge in [0, 0.05) is 11.6 Å². The lowest BCUT2D eigenvalue weighted by atomic mass is 10.1. The number of nitrogens with one attached hydrogen (secondary N) is 1. The molecule has 0 fully saturated rings. The summed E-state index contributed by atoms with van der Waals surface area (Å²) < 4.78 is 19.6. The van der Waals surface area contributed by atoms with Gasteiger partial charge in [0.2, 0.25) is 6.79 Å². The third-order valence-corrected chi connectivity index (χ3v) is 3.03. The van der Waals surface area contributed by atoms with E-state index in [-0.39, 0.29) is 29.5 Å². The lowest BCUT2D eigenvalue weighted by Gasteiger charge is -2.13. The maximum absolute atomic E-state index is 11.8. The van der Waals surface area contributed by atoms with Gasteiger partial charge < -0.3 is 24.3 Å². The van der Waals surface area contributed by atoms with Crippen LogP contribution in [-0.4, -0.2) is 38.7 Å². The second-order valence-corrected chi connectivity index (χ2v) is 4.50. The van der Waals surface area contributed by atoms with Crippen molar-refractivity contribution in [2.24, 2.45) is 0 Å². The molecule has 8 heteroatoms. The van der Waals surface area contributed by atoms with E-state index in [0.29, 0.717) is 11.5 Å². The standard InChI is InChI=1S/C15H15NO7/c1-8(17)9-4-12-13(23-7-22-12)5-10(9)16-11(15(19)21-3)6-14(18)20-2/h4-6,16H,7H2,1-3H3/b11-6+. The summed E-state index contributed by atoms with van der Waals surface area (Å²) in [6, 6.07) is 3.01. The Balaban J connectivity index is 2.43. The number of hydrogen-bond donors (Lipinski definition) is 1. The molecule has 23 heavy (non-hydrogen) atoms. The molecule has 0 saturated carbocycles. The van der Waals surface area contributed by atoms with E-state index in [0.717, 1.165) is 6.08 Å². The average molecular weight is 321 g/mol. The number of benzene rings is 1. The van der Waals surface area contributed by atoms with Gasteiger partial charge in [0.1, 0.15) is 5.70 Å². The molecule has 0 bridgehead atoms. The number of ketones is 1. The molecule has 0 radical (unpaired) electrons. The second-order valence-electron chi connectivity index (χ2n) is 4.50. The summed E-state index contributed by atoms with van der Waals surface area (Å²) in [5.41, 5.74) is 0.372. The van der Waals surface area contributed by atoms with Crippen molar-refractivity contribution in [3.05, 3.63) is 29.5 Å². The van der Waals surface area contributed by atoms with E-state index in [1.165, 1.54) is 33.3 Å². The predicted molar refractivity (Wildman–Crippen MR) is 78.3 cm³/mol. The summed E-state index contributed by atoms with van der Waals surface area (Å²) in [5.74, 6) is -0.948. The number of hydrogen-bond acceptors (Lipinski definition) is 8. The number of fused-ring (bicyclic) bond motifs is 1. The van der Waals surface area contributed by atoms with Gasteiger partial charge in [-0.05, 0) is 13.0 Å². The minimum Gasteiger partial charge on any atom is -0.466 e. The monoisotopic (exact) mass is 321 g/mol. The molecule has 0 unspecified atom stereocenters. The first-order valence-electron chi connectivity index (χ1n) is 6.55. The van der Waals surface area contributed by atoms with Gasteiger partial charge in [0.05, 0.1) is 26.0 Å². The number of anilines is 1. The number of esters is 2. The van der Waals surface area contributed by atoms with E-state index in [4.69, 9.17) is 9.47 Å². The minimum absolute atomic E-state index is 0.0397. The van der Waals surface area contributed by atoms with Crippen LogP contribution in [0.4, 0.5) is 5.69 Å². The fourth-order valence-corrected chi connectivity index (χ4v) is 1.91. The Morgan fingerprint density at radius 2 is 1.78 bits per heavy atom. The Kier molecular flexibility index (Phi) is 4.85. The van der Waals surface area contributed by atoms with Gasteiger partial charge in [-0.25, -0.2) is 9.59 Å². The molecule has 1 aromatic rings. The largest absolute Gasteiger partial charge is 0.466 e. The van der Waals surface area contributed by atoms with Crippen LogP contribution in [-0.2, 0) is 19.1 Å². The van der Waals surface area contributed by atoms with Gasteiger partial charge in [0.25, 0.3) is 0 Å². The van der Waals surface area contributed by atoms with Crippen LogP contribution in [0.3, 0.4) is 0 Å². The van der Waals surface area contributed by atoms with Crippen molar-refractivity contribution in [1.82, 2.24) is 0 Å². The van der Waals surface area contributed by atoms with Crippen LogP contribution in [0, 0.1) is 0 Å². The average Bonchev–Trinajstić information content (AvgIpc) is 2.99. The number of Topliss-reactive ketones (excluding diaryl/α,β-unsaturated/α-hetero) is 1. The molecule has 2 rings (SSSR count). The Labute approximate surface area is 132 Å². The van der Waals surface area contributed by atoms with Crippen molar-refractivity contribution >= 4 is 23.4 Å². The predicted octanol–water partition coefficient (Wildman–Crippen LogP) is 1.26. The number of rotatable bonds is 5. The molecule has 122 valence electrons. The first-order valence-corrected chi connectivity index (χ1v) is 6.55. The van der Waals surface area contributed by atoms with Crippen LogP contribution < -0.4 is 14.8 Å². The van der Waals surface area contributed by atoms with E-state index >= 15 is 0 Å². The molecule has 1 aliphatic rings. The molecule has 8 nitrogen and oxygen atoms in total. The fraction of sp³-hybridized carbons (Fsp3) is 0.267. The number of carbonyl (C=O) groups excluding carboxylic acids is 3. The summed E-state index contributed by atoms with van der Waals surface area (Å²) in [7, 11) is 2.34. The molecule has 0 aliphatic carbocycles. The van der Waals surface area contributed by atoms with Crippen LogP contribution in [0.1, 0.15) is 17.3 Å². The van der Waals surface area contributed by atoms with E-state index in [1.54, 1.807) is 0 Å². The van der Waals surface area contributed by atoms with Crippen molar-refractivity contribution in [1.29, 1.82) is 0 Å². The summed E-state index contributed by atoms with van der Waals surface area (Å²) >= 11 is 0. The molecule has 1 heterocycles. The highest BCUT2D eigenvalue weighted by molar-refractivity contribution is 6.04. The normalized spacial score (nSPS) is 12.6. The lowest BCUT2D eigenvalue weighted by molar-refractivity contribution is -0.138. The zero-order valence-electron chi connectivity index (χ0n) is 12.8. The topological polar surface area (TPSA) is 100 Å². The zero-order chi connectivity index (χ0) is 17.0. The quantitative estimate of drug-likeness (QED) is 0.491. The Morgan fingerprint density at radius 3 is 2.35 bits per heavy atom. The molecule has 0 spiro atoms. The van der Waals surface area contributed by atoms with Gasteiger partial charge in [-0.15, -0.1) is 0 Å². The number of carbonyl (C=O) groups is 3. The summed E-state index contributed by atoms with van der Waals surface area (Å²) in [4.78, 5) is 35.0. The van der Waals surface area contributed by atoms with Crippen LogP contribution in [0.2, 0.25) is 0 Å². The number of methoxy groups -OCH3 is 2. The molecule has 1 aliphatic heterocycles. The molecule has 0 aromatic heterocycles. The molecular weight excluding hydrogens is 306 g/mol. The third-order valence-electron chi connectivity index (χ3n) is 3.03. The highest BCUT2D eigenvalue weighted by Crippen LogP contribution is 2.37. The first kappa shape index (κ1) is 16.3. The molecule has 0 amide bonds. The first-order chi connectivity index (χ1) is 11.0. The van der Waals surface area contributed by atoms with Crippen molar-refractivity contribution in [2.75, 3.05) is 26.3 Å². The number of ether oxygens (including phenoxy) is 4. The van der Waals surface area contributed by atoms with Crippen LogP contribution >= 0.6 is 0 Å². The van der Waals surface area contributed by atoms with Crippen molar-refractivity contribution in [3.63, 3.8) is 0 Å². The lowest BCUT2D eigenvalue weighted by Crippen LogP contribution is -2.16.